The third kappa shape index (κ3) is 4.90. The van der Waals surface area contributed by atoms with Crippen LogP contribution in [-0.4, -0.2) is 49.6 Å². The highest BCUT2D eigenvalue weighted by atomic mass is 35.5. The van der Waals surface area contributed by atoms with Crippen LogP contribution in [0.15, 0.2) is 42.5 Å². The van der Waals surface area contributed by atoms with Gasteiger partial charge < -0.3 is 14.7 Å². The Bertz CT molecular complexity index is 878. The number of nitrogens with zero attached hydrogens (tertiary/aromatic N) is 2. The summed E-state index contributed by atoms with van der Waals surface area (Å²) in [5.74, 6) is -0.0954. The van der Waals surface area contributed by atoms with Crippen molar-refractivity contribution in [1.29, 1.82) is 0 Å². The number of hydrogen-bond donors (Lipinski definition) is 1. The molecule has 1 amide bonds. The maximum absolute atomic E-state index is 14.1. The molecule has 4 nitrogen and oxygen atoms in total. The highest BCUT2D eigenvalue weighted by molar-refractivity contribution is 6.30. The van der Waals surface area contributed by atoms with Gasteiger partial charge in [-0.1, -0.05) is 35.9 Å². The van der Waals surface area contributed by atoms with Crippen LogP contribution in [-0.2, 0) is 11.3 Å². The van der Waals surface area contributed by atoms with E-state index >= 15 is 0 Å². The van der Waals surface area contributed by atoms with Gasteiger partial charge in [0.1, 0.15) is 5.82 Å². The number of hydrogen-bond acceptors (Lipinski definition) is 2. The highest BCUT2D eigenvalue weighted by Crippen LogP contribution is 2.29. The second-order valence-corrected chi connectivity index (χ2v) is 8.63. The van der Waals surface area contributed by atoms with Gasteiger partial charge in [-0.25, -0.2) is 4.39 Å². The van der Waals surface area contributed by atoms with Crippen LogP contribution >= 0.6 is 11.6 Å². The maximum Gasteiger partial charge on any atom is 0.278 e. The Hall–Kier alpha value is -2.11. The number of anilines is 1. The lowest BCUT2D eigenvalue weighted by atomic mass is 10.1. The van der Waals surface area contributed by atoms with Crippen LogP contribution in [0.5, 0.6) is 0 Å². The monoisotopic (exact) mass is 416 g/mol. The van der Waals surface area contributed by atoms with Crippen molar-refractivity contribution in [3.8, 4) is 0 Å². The third-order valence-electron chi connectivity index (χ3n) is 5.99. The van der Waals surface area contributed by atoms with E-state index in [1.54, 1.807) is 12.1 Å². The van der Waals surface area contributed by atoms with Crippen LogP contribution in [0.1, 0.15) is 24.0 Å². The molecule has 0 spiro atoms. The van der Waals surface area contributed by atoms with Crippen molar-refractivity contribution in [1.82, 2.24) is 4.90 Å². The van der Waals surface area contributed by atoms with E-state index in [2.05, 4.69) is 17.9 Å². The van der Waals surface area contributed by atoms with E-state index in [-0.39, 0.29) is 17.8 Å². The van der Waals surface area contributed by atoms with E-state index < -0.39 is 0 Å². The number of aryl methyl sites for hydroxylation is 1. The van der Waals surface area contributed by atoms with Crippen LogP contribution in [0.4, 0.5) is 10.1 Å². The topological polar surface area (TPSA) is 28.0 Å². The molecule has 1 N–H and O–H groups in total. The van der Waals surface area contributed by atoms with Crippen molar-refractivity contribution in [3.05, 3.63) is 64.4 Å². The molecule has 1 aliphatic carbocycles. The van der Waals surface area contributed by atoms with Crippen LogP contribution in [0, 0.1) is 12.7 Å². The van der Waals surface area contributed by atoms with Crippen molar-refractivity contribution in [2.24, 2.45) is 0 Å². The predicted molar refractivity (Wildman–Crippen MR) is 114 cm³/mol. The molecule has 0 bridgehead atoms. The summed E-state index contributed by atoms with van der Waals surface area (Å²) in [7, 11) is 0. The lowest BCUT2D eigenvalue weighted by molar-refractivity contribution is -0.892. The van der Waals surface area contributed by atoms with Crippen molar-refractivity contribution >= 4 is 23.2 Å². The van der Waals surface area contributed by atoms with Gasteiger partial charge in [0.2, 0.25) is 0 Å². The quantitative estimate of drug-likeness (QED) is 0.784. The third-order valence-corrected chi connectivity index (χ3v) is 6.23. The molecule has 4 rings (SSSR count). The summed E-state index contributed by atoms with van der Waals surface area (Å²) < 4.78 is 14.1. The van der Waals surface area contributed by atoms with Gasteiger partial charge in [-0.05, 0) is 43.5 Å². The molecule has 2 aromatic carbocycles. The molecule has 1 saturated heterocycles. The summed E-state index contributed by atoms with van der Waals surface area (Å²) in [6.07, 6.45) is 2.05. The van der Waals surface area contributed by atoms with E-state index in [9.17, 15) is 9.18 Å². The minimum Gasteiger partial charge on any atom is -0.360 e. The Morgan fingerprint density at radius 1 is 1.21 bits per heavy atom. The molecule has 2 aromatic rings. The van der Waals surface area contributed by atoms with Gasteiger partial charge in [0, 0.05) is 28.9 Å². The molecule has 0 aromatic heterocycles. The molecule has 6 heteroatoms. The standard InChI is InChI=1S/C23H27ClFN3O/c1-17-6-7-19(24)14-22(17)27-12-10-26(11-13-27)16-23(29)28(20-8-9-20)15-18-4-2-3-5-21(18)25/h2-7,14,20H,8-13,15-16H2,1H3/p+1. The van der Waals surface area contributed by atoms with E-state index in [1.807, 2.05) is 23.1 Å². The van der Waals surface area contributed by atoms with Crippen LogP contribution in [0.3, 0.4) is 0 Å². The van der Waals surface area contributed by atoms with E-state index in [0.717, 1.165) is 44.0 Å². The first kappa shape index (κ1) is 20.2. The van der Waals surface area contributed by atoms with Crippen LogP contribution < -0.4 is 9.80 Å². The van der Waals surface area contributed by atoms with Crippen LogP contribution in [0.2, 0.25) is 5.02 Å². The molecule has 1 saturated carbocycles. The SMILES string of the molecule is Cc1ccc(Cl)cc1N1CC[NH+](CC(=O)N(Cc2ccccc2F)C2CC2)CC1. The average Bonchev–Trinajstić information content (AvgIpc) is 3.55. The molecule has 0 atom stereocenters. The fourth-order valence-corrected chi connectivity index (χ4v) is 4.26. The molecular formula is C23H28ClFN3O+. The van der Waals surface area contributed by atoms with Gasteiger partial charge in [0.25, 0.3) is 5.91 Å². The van der Waals surface area contributed by atoms with Crippen molar-refractivity contribution in [2.75, 3.05) is 37.6 Å². The van der Waals surface area contributed by atoms with Gasteiger partial charge in [-0.3, -0.25) is 4.79 Å². The number of quaternary nitrogens is 1. The van der Waals surface area contributed by atoms with Crippen LogP contribution in [0.25, 0.3) is 0 Å². The number of halogens is 2. The average molecular weight is 417 g/mol. The fourth-order valence-electron chi connectivity index (χ4n) is 4.10. The number of nitrogens with one attached hydrogen (secondary N) is 1. The Labute approximate surface area is 176 Å². The smallest absolute Gasteiger partial charge is 0.278 e. The number of piperazine rings is 1. The zero-order valence-corrected chi connectivity index (χ0v) is 17.6. The van der Waals surface area contributed by atoms with E-state index in [1.165, 1.54) is 22.2 Å². The molecule has 154 valence electrons. The molecule has 0 radical (unpaired) electrons. The molecule has 2 fully saturated rings. The first-order valence-corrected chi connectivity index (χ1v) is 10.8. The Kier molecular flexibility index (Phi) is 6.07. The van der Waals surface area contributed by atoms with Gasteiger partial charge in [-0.2, -0.15) is 0 Å². The zero-order valence-electron chi connectivity index (χ0n) is 16.8. The maximum atomic E-state index is 14.1. The van der Waals surface area contributed by atoms with Crippen molar-refractivity contribution in [3.63, 3.8) is 0 Å². The van der Waals surface area contributed by atoms with Gasteiger partial charge in [-0.15, -0.1) is 0 Å². The number of carbonyl (C=O) groups excluding carboxylic acids is 1. The largest absolute Gasteiger partial charge is 0.360 e. The molecular weight excluding hydrogens is 389 g/mol. The van der Waals surface area contributed by atoms with Crippen molar-refractivity contribution in [2.45, 2.75) is 32.4 Å². The summed E-state index contributed by atoms with van der Waals surface area (Å²) in [5, 5.41) is 0.753. The Balaban J connectivity index is 1.35. The lowest BCUT2D eigenvalue weighted by Crippen LogP contribution is -3.15. The molecule has 29 heavy (non-hydrogen) atoms. The Morgan fingerprint density at radius 3 is 2.62 bits per heavy atom. The molecule has 2 aliphatic rings. The molecule has 0 unspecified atom stereocenters. The molecule has 1 aliphatic heterocycles. The normalized spacial score (nSPS) is 17.4. The second-order valence-electron chi connectivity index (χ2n) is 8.19. The second kappa shape index (κ2) is 8.72. The molecule has 1 heterocycles. The fraction of sp³-hybridized carbons (Fsp3) is 0.435. The van der Waals surface area contributed by atoms with Gasteiger partial charge in [0.05, 0.1) is 26.2 Å². The minimum absolute atomic E-state index is 0.137. The minimum atomic E-state index is -0.233. The lowest BCUT2D eigenvalue weighted by Gasteiger charge is -2.35. The Morgan fingerprint density at radius 2 is 1.93 bits per heavy atom. The number of carbonyl (C=O) groups is 1. The number of rotatable bonds is 6. The number of benzene rings is 2. The summed E-state index contributed by atoms with van der Waals surface area (Å²) >= 11 is 6.17. The van der Waals surface area contributed by atoms with E-state index in [0.29, 0.717) is 18.7 Å². The first-order chi connectivity index (χ1) is 14.0. The summed E-state index contributed by atoms with van der Waals surface area (Å²) in [6.45, 7) is 6.59. The number of amides is 1. The predicted octanol–water partition coefficient (Wildman–Crippen LogP) is 2.68. The van der Waals surface area contributed by atoms with E-state index in [4.69, 9.17) is 11.6 Å². The van der Waals surface area contributed by atoms with Crippen molar-refractivity contribution < 1.29 is 14.1 Å². The summed E-state index contributed by atoms with van der Waals surface area (Å²) in [6, 6.07) is 13.0. The summed E-state index contributed by atoms with van der Waals surface area (Å²) in [5.41, 5.74) is 3.00. The zero-order chi connectivity index (χ0) is 20.4. The first-order valence-electron chi connectivity index (χ1n) is 10.4. The summed E-state index contributed by atoms with van der Waals surface area (Å²) in [4.78, 5) is 18.5. The highest BCUT2D eigenvalue weighted by Gasteiger charge is 2.35. The van der Waals surface area contributed by atoms with Gasteiger partial charge >= 0.3 is 0 Å². The van der Waals surface area contributed by atoms with Gasteiger partial charge in [0.15, 0.2) is 6.54 Å².